The minimum absolute atomic E-state index is 0. The van der Waals surface area contributed by atoms with Crippen LogP contribution in [-0.2, 0) is 12.8 Å². The molecule has 0 radical (unpaired) electrons. The molecule has 3 rings (SSSR count). The highest BCUT2D eigenvalue weighted by atomic mass is 35.5. The number of hydrogen-bond donors (Lipinski definition) is 2. The van der Waals surface area contributed by atoms with Gasteiger partial charge in [-0.25, -0.2) is 0 Å². The molecule has 1 atom stereocenters. The number of amides is 1. The SMILES string of the molecule is Cl.NCC(NC(=O)c1cc2c(s1)CCCCC2)C1CC1. The van der Waals surface area contributed by atoms with Gasteiger partial charge in [-0.2, -0.15) is 0 Å². The first kappa shape index (κ1) is 15.8. The second-order valence-electron chi connectivity index (χ2n) is 5.77. The lowest BCUT2D eigenvalue weighted by Gasteiger charge is -2.15. The Kier molecular flexibility index (Phi) is 5.47. The van der Waals surface area contributed by atoms with Crippen molar-refractivity contribution in [3.05, 3.63) is 21.4 Å². The molecular weight excluding hydrogens is 292 g/mol. The van der Waals surface area contributed by atoms with Gasteiger partial charge in [0, 0.05) is 17.5 Å². The van der Waals surface area contributed by atoms with Gasteiger partial charge in [-0.1, -0.05) is 6.42 Å². The van der Waals surface area contributed by atoms with Crippen LogP contribution in [0.2, 0.25) is 0 Å². The van der Waals surface area contributed by atoms with E-state index < -0.39 is 0 Å². The monoisotopic (exact) mass is 314 g/mol. The average Bonchev–Trinajstić information content (AvgIpc) is 3.21. The summed E-state index contributed by atoms with van der Waals surface area (Å²) in [6, 6.07) is 2.29. The van der Waals surface area contributed by atoms with Crippen molar-refractivity contribution in [1.82, 2.24) is 5.32 Å². The maximum absolute atomic E-state index is 12.3. The molecule has 112 valence electrons. The number of rotatable bonds is 4. The molecule has 2 aliphatic rings. The number of carbonyl (C=O) groups excluding carboxylic acids is 1. The van der Waals surface area contributed by atoms with E-state index in [1.165, 1.54) is 42.5 Å². The van der Waals surface area contributed by atoms with Crippen LogP contribution in [0.15, 0.2) is 6.07 Å². The summed E-state index contributed by atoms with van der Waals surface area (Å²) in [7, 11) is 0. The Morgan fingerprint density at radius 3 is 2.80 bits per heavy atom. The van der Waals surface area contributed by atoms with Gasteiger partial charge in [-0.15, -0.1) is 23.7 Å². The number of nitrogens with one attached hydrogen (secondary N) is 1. The Labute approximate surface area is 130 Å². The maximum Gasteiger partial charge on any atom is 0.261 e. The Balaban J connectivity index is 0.00000147. The molecule has 0 aliphatic heterocycles. The molecule has 1 saturated carbocycles. The molecular formula is C15H23ClN2OS. The Hall–Kier alpha value is -0.580. The Morgan fingerprint density at radius 2 is 2.10 bits per heavy atom. The first-order chi connectivity index (χ1) is 9.28. The molecule has 20 heavy (non-hydrogen) atoms. The molecule has 1 aromatic heterocycles. The zero-order chi connectivity index (χ0) is 13.2. The highest BCUT2D eigenvalue weighted by Crippen LogP contribution is 2.33. The number of halogens is 1. The zero-order valence-electron chi connectivity index (χ0n) is 11.7. The number of thiophene rings is 1. The molecule has 3 N–H and O–H groups in total. The van der Waals surface area contributed by atoms with Crippen molar-refractivity contribution in [2.24, 2.45) is 11.7 Å². The van der Waals surface area contributed by atoms with Crippen molar-refractivity contribution in [2.75, 3.05) is 6.54 Å². The van der Waals surface area contributed by atoms with E-state index in [1.54, 1.807) is 11.3 Å². The van der Waals surface area contributed by atoms with Crippen LogP contribution in [0.25, 0.3) is 0 Å². The number of fused-ring (bicyclic) bond motifs is 1. The van der Waals surface area contributed by atoms with Crippen LogP contribution in [0.4, 0.5) is 0 Å². The first-order valence-electron chi connectivity index (χ1n) is 7.40. The van der Waals surface area contributed by atoms with Crippen molar-refractivity contribution in [3.8, 4) is 0 Å². The lowest BCUT2D eigenvalue weighted by atomic mass is 10.1. The fourth-order valence-corrected chi connectivity index (χ4v) is 4.04. The highest BCUT2D eigenvalue weighted by molar-refractivity contribution is 7.14. The van der Waals surface area contributed by atoms with E-state index in [2.05, 4.69) is 11.4 Å². The van der Waals surface area contributed by atoms with Gasteiger partial charge in [0.05, 0.1) is 4.88 Å². The summed E-state index contributed by atoms with van der Waals surface area (Å²) in [6.07, 6.45) is 8.56. The van der Waals surface area contributed by atoms with E-state index in [-0.39, 0.29) is 24.4 Å². The van der Waals surface area contributed by atoms with Gasteiger partial charge < -0.3 is 11.1 Å². The van der Waals surface area contributed by atoms with Gasteiger partial charge >= 0.3 is 0 Å². The topological polar surface area (TPSA) is 55.1 Å². The smallest absolute Gasteiger partial charge is 0.261 e. The van der Waals surface area contributed by atoms with Crippen LogP contribution in [0.1, 0.15) is 52.2 Å². The van der Waals surface area contributed by atoms with Gasteiger partial charge in [0.25, 0.3) is 5.91 Å². The van der Waals surface area contributed by atoms with Crippen molar-refractivity contribution in [2.45, 2.75) is 51.0 Å². The van der Waals surface area contributed by atoms with Crippen LogP contribution >= 0.6 is 23.7 Å². The lowest BCUT2D eigenvalue weighted by molar-refractivity contribution is 0.0937. The number of nitrogens with two attached hydrogens (primary N) is 1. The molecule has 0 bridgehead atoms. The quantitative estimate of drug-likeness (QED) is 0.840. The van der Waals surface area contributed by atoms with Gasteiger partial charge in [0.2, 0.25) is 0 Å². The second kappa shape index (κ2) is 6.92. The van der Waals surface area contributed by atoms with E-state index in [0.717, 1.165) is 17.7 Å². The summed E-state index contributed by atoms with van der Waals surface area (Å²) in [5.74, 6) is 0.701. The standard InChI is InChI=1S/C15H22N2OS.ClH/c16-9-12(10-6-7-10)17-15(18)14-8-11-4-2-1-3-5-13(11)19-14;/h8,10,12H,1-7,9,16H2,(H,17,18);1H. The summed E-state index contributed by atoms with van der Waals surface area (Å²) in [6.45, 7) is 0.557. The molecule has 1 heterocycles. The molecule has 0 aromatic carbocycles. The van der Waals surface area contributed by atoms with Crippen LogP contribution in [-0.4, -0.2) is 18.5 Å². The Morgan fingerprint density at radius 1 is 1.35 bits per heavy atom. The molecule has 1 fully saturated rings. The normalized spacial score (nSPS) is 19.4. The number of aryl methyl sites for hydroxylation is 2. The van der Waals surface area contributed by atoms with E-state index in [9.17, 15) is 4.79 Å². The second-order valence-corrected chi connectivity index (χ2v) is 6.91. The van der Waals surface area contributed by atoms with Crippen molar-refractivity contribution in [3.63, 3.8) is 0 Å². The number of hydrogen-bond acceptors (Lipinski definition) is 3. The van der Waals surface area contributed by atoms with Crippen LogP contribution < -0.4 is 11.1 Å². The molecule has 5 heteroatoms. The summed E-state index contributed by atoms with van der Waals surface area (Å²) in [5.41, 5.74) is 7.15. The van der Waals surface area contributed by atoms with Gasteiger partial charge in [-0.05, 0) is 56.1 Å². The summed E-state index contributed by atoms with van der Waals surface area (Å²) < 4.78 is 0. The highest BCUT2D eigenvalue weighted by Gasteiger charge is 2.31. The van der Waals surface area contributed by atoms with E-state index >= 15 is 0 Å². The largest absolute Gasteiger partial charge is 0.347 e. The molecule has 3 nitrogen and oxygen atoms in total. The minimum atomic E-state index is 0. The fraction of sp³-hybridized carbons (Fsp3) is 0.667. The first-order valence-corrected chi connectivity index (χ1v) is 8.22. The molecule has 1 unspecified atom stereocenters. The van der Waals surface area contributed by atoms with E-state index in [0.29, 0.717) is 12.5 Å². The molecule has 1 aromatic rings. The molecule has 1 amide bonds. The van der Waals surface area contributed by atoms with Crippen LogP contribution in [0, 0.1) is 5.92 Å². The minimum Gasteiger partial charge on any atom is -0.347 e. The average molecular weight is 315 g/mol. The molecule has 0 spiro atoms. The zero-order valence-corrected chi connectivity index (χ0v) is 13.3. The van der Waals surface area contributed by atoms with Crippen molar-refractivity contribution >= 4 is 29.7 Å². The predicted octanol–water partition coefficient (Wildman–Crippen LogP) is 2.91. The van der Waals surface area contributed by atoms with Crippen LogP contribution in [0.3, 0.4) is 0 Å². The third kappa shape index (κ3) is 3.54. The lowest BCUT2D eigenvalue weighted by Crippen LogP contribution is -2.41. The van der Waals surface area contributed by atoms with Crippen LogP contribution in [0.5, 0.6) is 0 Å². The summed E-state index contributed by atoms with van der Waals surface area (Å²) in [4.78, 5) is 14.6. The predicted molar refractivity (Wildman–Crippen MR) is 85.9 cm³/mol. The van der Waals surface area contributed by atoms with Gasteiger partial charge in [0.1, 0.15) is 0 Å². The van der Waals surface area contributed by atoms with E-state index in [1.807, 2.05) is 0 Å². The Bertz CT molecular complexity index is 447. The number of carbonyl (C=O) groups is 1. The van der Waals surface area contributed by atoms with Crippen molar-refractivity contribution in [1.29, 1.82) is 0 Å². The third-order valence-electron chi connectivity index (χ3n) is 4.23. The van der Waals surface area contributed by atoms with Crippen molar-refractivity contribution < 1.29 is 4.79 Å². The fourth-order valence-electron chi connectivity index (χ4n) is 2.89. The maximum atomic E-state index is 12.3. The van der Waals surface area contributed by atoms with Gasteiger partial charge in [-0.3, -0.25) is 4.79 Å². The summed E-state index contributed by atoms with van der Waals surface area (Å²) in [5, 5.41) is 3.12. The molecule has 0 saturated heterocycles. The third-order valence-corrected chi connectivity index (χ3v) is 5.47. The summed E-state index contributed by atoms with van der Waals surface area (Å²) >= 11 is 1.69. The van der Waals surface area contributed by atoms with E-state index in [4.69, 9.17) is 5.73 Å². The molecule has 2 aliphatic carbocycles. The van der Waals surface area contributed by atoms with Gasteiger partial charge in [0.15, 0.2) is 0 Å².